The Labute approximate surface area is 155 Å². The Hall–Kier alpha value is -2.68. The lowest BCUT2D eigenvalue weighted by Gasteiger charge is -2.12. The Morgan fingerprint density at radius 2 is 2.04 bits per heavy atom. The van der Waals surface area contributed by atoms with Gasteiger partial charge in [0.2, 0.25) is 0 Å². The topological polar surface area (TPSA) is 128 Å². The van der Waals surface area contributed by atoms with E-state index in [0.717, 1.165) is 18.9 Å². The van der Waals surface area contributed by atoms with Gasteiger partial charge in [-0.25, -0.2) is 0 Å². The summed E-state index contributed by atoms with van der Waals surface area (Å²) in [4.78, 5) is 45.2. The van der Waals surface area contributed by atoms with E-state index in [9.17, 15) is 24.5 Å². The van der Waals surface area contributed by atoms with Crippen LogP contribution in [0.15, 0.2) is 18.2 Å². The van der Waals surface area contributed by atoms with Crippen molar-refractivity contribution in [3.8, 4) is 0 Å². The molecule has 0 fully saturated rings. The Kier molecular flexibility index (Phi) is 8.50. The standard InChI is InChI=1S/C16H20ClN3O6/c1-3-4-10(2)19-14(21)9-26-15(22)8-18-16(23)11-5-6-12(17)13(7-11)20(24)25/h5-7,10H,3-4,8-9H2,1-2H3,(H,18,23)(H,19,21)/t10-/m1/s1. The smallest absolute Gasteiger partial charge is 0.325 e. The van der Waals surface area contributed by atoms with E-state index in [4.69, 9.17) is 16.3 Å². The predicted molar refractivity (Wildman–Crippen MR) is 93.9 cm³/mol. The number of carbonyl (C=O) groups excluding carboxylic acids is 3. The first-order chi connectivity index (χ1) is 12.2. The summed E-state index contributed by atoms with van der Waals surface area (Å²) in [5, 5.41) is 15.6. The van der Waals surface area contributed by atoms with E-state index in [2.05, 4.69) is 10.6 Å². The molecule has 1 rings (SSSR count). The van der Waals surface area contributed by atoms with Crippen molar-refractivity contribution >= 4 is 35.1 Å². The molecule has 0 radical (unpaired) electrons. The number of nitrogens with zero attached hydrogens (tertiary/aromatic N) is 1. The van der Waals surface area contributed by atoms with Crippen molar-refractivity contribution in [1.29, 1.82) is 0 Å². The Balaban J connectivity index is 2.45. The quantitative estimate of drug-likeness (QED) is 0.379. The van der Waals surface area contributed by atoms with Gasteiger partial charge < -0.3 is 15.4 Å². The molecule has 0 heterocycles. The van der Waals surface area contributed by atoms with Crippen LogP contribution in [0.4, 0.5) is 5.69 Å². The number of rotatable bonds is 9. The van der Waals surface area contributed by atoms with Crippen LogP contribution in [-0.4, -0.2) is 41.9 Å². The molecule has 2 N–H and O–H groups in total. The highest BCUT2D eigenvalue weighted by molar-refractivity contribution is 6.32. The zero-order valence-corrected chi connectivity index (χ0v) is 15.2. The summed E-state index contributed by atoms with van der Waals surface area (Å²) in [6.07, 6.45) is 1.72. The first-order valence-corrected chi connectivity index (χ1v) is 8.29. The maximum absolute atomic E-state index is 11.9. The maximum atomic E-state index is 11.9. The summed E-state index contributed by atoms with van der Waals surface area (Å²) in [6.45, 7) is 2.90. The fraction of sp³-hybridized carbons (Fsp3) is 0.438. The van der Waals surface area contributed by atoms with Crippen molar-refractivity contribution in [3.05, 3.63) is 38.9 Å². The summed E-state index contributed by atoms with van der Waals surface area (Å²) in [6, 6.07) is 3.49. The van der Waals surface area contributed by atoms with Gasteiger partial charge in [0, 0.05) is 17.7 Å². The van der Waals surface area contributed by atoms with Crippen molar-refractivity contribution in [2.75, 3.05) is 13.2 Å². The van der Waals surface area contributed by atoms with Crippen LogP contribution in [0.1, 0.15) is 37.0 Å². The highest BCUT2D eigenvalue weighted by Gasteiger charge is 2.17. The van der Waals surface area contributed by atoms with Crippen molar-refractivity contribution in [1.82, 2.24) is 10.6 Å². The molecular formula is C16H20ClN3O6. The molecule has 0 aliphatic heterocycles. The molecule has 0 spiro atoms. The maximum Gasteiger partial charge on any atom is 0.325 e. The van der Waals surface area contributed by atoms with Crippen LogP contribution in [0.25, 0.3) is 0 Å². The largest absolute Gasteiger partial charge is 0.454 e. The fourth-order valence-electron chi connectivity index (χ4n) is 2.07. The van der Waals surface area contributed by atoms with Crippen LogP contribution in [0.5, 0.6) is 0 Å². The van der Waals surface area contributed by atoms with Gasteiger partial charge in [-0.3, -0.25) is 24.5 Å². The first kappa shape index (κ1) is 21.4. The first-order valence-electron chi connectivity index (χ1n) is 7.91. The third kappa shape index (κ3) is 7.06. The molecule has 0 saturated heterocycles. The third-order valence-corrected chi connectivity index (χ3v) is 3.61. The zero-order chi connectivity index (χ0) is 19.7. The molecule has 1 aromatic rings. The summed E-state index contributed by atoms with van der Waals surface area (Å²) < 4.78 is 4.76. The molecule has 0 aliphatic rings. The van der Waals surface area contributed by atoms with Gasteiger partial charge in [-0.2, -0.15) is 0 Å². The van der Waals surface area contributed by atoms with Crippen molar-refractivity contribution in [2.24, 2.45) is 0 Å². The van der Waals surface area contributed by atoms with Gasteiger partial charge in [0.25, 0.3) is 17.5 Å². The van der Waals surface area contributed by atoms with Gasteiger partial charge in [0.15, 0.2) is 6.61 Å². The van der Waals surface area contributed by atoms with E-state index in [0.29, 0.717) is 0 Å². The van der Waals surface area contributed by atoms with E-state index in [1.807, 2.05) is 13.8 Å². The average Bonchev–Trinajstić information content (AvgIpc) is 2.58. The molecule has 26 heavy (non-hydrogen) atoms. The normalized spacial score (nSPS) is 11.3. The van der Waals surface area contributed by atoms with Gasteiger partial charge in [0.1, 0.15) is 11.6 Å². The van der Waals surface area contributed by atoms with Gasteiger partial charge in [0.05, 0.1) is 4.92 Å². The zero-order valence-electron chi connectivity index (χ0n) is 14.4. The van der Waals surface area contributed by atoms with Crippen LogP contribution in [-0.2, 0) is 14.3 Å². The van der Waals surface area contributed by atoms with E-state index in [1.54, 1.807) is 0 Å². The molecule has 0 aromatic heterocycles. The minimum Gasteiger partial charge on any atom is -0.454 e. The minimum absolute atomic E-state index is 0.0217. The number of hydrogen-bond donors (Lipinski definition) is 2. The molecule has 1 atom stereocenters. The summed E-state index contributed by atoms with van der Waals surface area (Å²) >= 11 is 5.66. The van der Waals surface area contributed by atoms with E-state index < -0.39 is 41.5 Å². The van der Waals surface area contributed by atoms with E-state index in [-0.39, 0.29) is 16.6 Å². The second kappa shape index (κ2) is 10.3. The number of carbonyl (C=O) groups is 3. The summed E-state index contributed by atoms with van der Waals surface area (Å²) in [5.41, 5.74) is -0.445. The SMILES string of the molecule is CCC[C@@H](C)NC(=O)COC(=O)CNC(=O)c1ccc(Cl)c([N+](=O)[O-])c1. The highest BCUT2D eigenvalue weighted by Crippen LogP contribution is 2.24. The third-order valence-electron chi connectivity index (χ3n) is 3.29. The van der Waals surface area contributed by atoms with Crippen LogP contribution in [0.2, 0.25) is 5.02 Å². The Morgan fingerprint density at radius 3 is 2.65 bits per heavy atom. The number of nitro benzene ring substituents is 1. The highest BCUT2D eigenvalue weighted by atomic mass is 35.5. The molecule has 2 amide bonds. The van der Waals surface area contributed by atoms with Crippen LogP contribution < -0.4 is 10.6 Å². The molecule has 0 unspecified atom stereocenters. The number of nitro groups is 1. The lowest BCUT2D eigenvalue weighted by Crippen LogP contribution is -2.37. The predicted octanol–water partition coefficient (Wildman–Crippen LogP) is 1.83. The Bertz CT molecular complexity index is 695. The van der Waals surface area contributed by atoms with Gasteiger partial charge in [-0.05, 0) is 25.5 Å². The molecule has 9 nitrogen and oxygen atoms in total. The van der Waals surface area contributed by atoms with Gasteiger partial charge in [-0.1, -0.05) is 24.9 Å². The van der Waals surface area contributed by atoms with Crippen molar-refractivity contribution in [3.63, 3.8) is 0 Å². The van der Waals surface area contributed by atoms with Crippen LogP contribution in [0, 0.1) is 10.1 Å². The second-order valence-corrected chi connectivity index (χ2v) is 5.93. The molecule has 1 aromatic carbocycles. The van der Waals surface area contributed by atoms with Gasteiger partial charge in [-0.15, -0.1) is 0 Å². The molecule has 142 valence electrons. The number of hydrogen-bond acceptors (Lipinski definition) is 6. The van der Waals surface area contributed by atoms with E-state index in [1.165, 1.54) is 12.1 Å². The molecule has 0 bridgehead atoms. The number of esters is 1. The lowest BCUT2D eigenvalue weighted by molar-refractivity contribution is -0.384. The van der Waals surface area contributed by atoms with Crippen molar-refractivity contribution < 1.29 is 24.0 Å². The Morgan fingerprint density at radius 1 is 1.35 bits per heavy atom. The average molecular weight is 386 g/mol. The van der Waals surface area contributed by atoms with Crippen molar-refractivity contribution in [2.45, 2.75) is 32.7 Å². The lowest BCUT2D eigenvalue weighted by atomic mass is 10.2. The van der Waals surface area contributed by atoms with Crippen LogP contribution in [0.3, 0.4) is 0 Å². The van der Waals surface area contributed by atoms with Crippen LogP contribution >= 0.6 is 11.6 Å². The monoisotopic (exact) mass is 385 g/mol. The molecule has 0 aliphatic carbocycles. The fourth-order valence-corrected chi connectivity index (χ4v) is 2.25. The molecule has 10 heteroatoms. The number of nitrogens with one attached hydrogen (secondary N) is 2. The van der Waals surface area contributed by atoms with Gasteiger partial charge >= 0.3 is 5.97 Å². The summed E-state index contributed by atoms with van der Waals surface area (Å²) in [7, 11) is 0. The molecule has 0 saturated carbocycles. The summed E-state index contributed by atoms with van der Waals surface area (Å²) in [5.74, 6) is -1.94. The number of benzene rings is 1. The minimum atomic E-state index is -0.805. The molecular weight excluding hydrogens is 366 g/mol. The second-order valence-electron chi connectivity index (χ2n) is 5.52. The van der Waals surface area contributed by atoms with E-state index >= 15 is 0 Å². The number of ether oxygens (including phenoxy) is 1. The number of halogens is 1. The number of amides is 2.